The van der Waals surface area contributed by atoms with Crippen molar-refractivity contribution in [2.45, 2.75) is 30.5 Å². The van der Waals surface area contributed by atoms with E-state index < -0.39 is 5.67 Å². The van der Waals surface area contributed by atoms with Gasteiger partial charge in [-0.25, -0.2) is 9.37 Å². The van der Waals surface area contributed by atoms with Crippen LogP contribution in [0.15, 0.2) is 6.20 Å². The molecule has 0 saturated heterocycles. The molecular weight excluding hydrogens is 275 g/mol. The number of fused-ring (bicyclic) bond motifs is 1. The molecule has 3 aliphatic carbocycles. The van der Waals surface area contributed by atoms with Crippen LogP contribution >= 0.6 is 23.8 Å². The summed E-state index contributed by atoms with van der Waals surface area (Å²) in [5, 5.41) is 0.193. The van der Waals surface area contributed by atoms with Crippen LogP contribution in [0, 0.1) is 4.77 Å². The van der Waals surface area contributed by atoms with Crippen molar-refractivity contribution in [3.05, 3.63) is 16.3 Å². The molecule has 3 aliphatic rings. The summed E-state index contributed by atoms with van der Waals surface area (Å²) in [5.41, 5.74) is 0.405. The molecule has 0 atom stereocenters. The van der Waals surface area contributed by atoms with E-state index in [1.165, 1.54) is 0 Å². The maximum Gasteiger partial charge on any atom is 0.224 e. The predicted molar refractivity (Wildman–Crippen MR) is 68.0 cm³/mol. The minimum atomic E-state index is -0.965. The number of halogens is 2. The standard InChI is InChI=1S/C11H10ClFN4S/c1-16-6-2-14-8(12)15-7(6)17(9(16)18)11-3-10(13,4-11)5-11/h2H,3-5H2,1H3. The summed E-state index contributed by atoms with van der Waals surface area (Å²) in [7, 11) is 1.87. The first-order chi connectivity index (χ1) is 8.44. The lowest BCUT2D eigenvalue weighted by atomic mass is 9.47. The fourth-order valence-corrected chi connectivity index (χ4v) is 3.88. The molecule has 3 saturated carbocycles. The van der Waals surface area contributed by atoms with Gasteiger partial charge in [-0.2, -0.15) is 4.98 Å². The van der Waals surface area contributed by atoms with Crippen molar-refractivity contribution in [1.82, 2.24) is 19.1 Å². The van der Waals surface area contributed by atoms with Gasteiger partial charge in [0.25, 0.3) is 0 Å². The third-order valence-corrected chi connectivity index (χ3v) is 4.82. The number of aromatic nitrogens is 4. The van der Waals surface area contributed by atoms with Gasteiger partial charge in [0, 0.05) is 26.3 Å². The van der Waals surface area contributed by atoms with E-state index in [4.69, 9.17) is 23.8 Å². The molecule has 0 radical (unpaired) electrons. The van der Waals surface area contributed by atoms with E-state index >= 15 is 0 Å². The molecule has 0 N–H and O–H groups in total. The molecule has 0 aliphatic heterocycles. The van der Waals surface area contributed by atoms with Gasteiger partial charge in [-0.05, 0) is 23.8 Å². The van der Waals surface area contributed by atoms with Crippen molar-refractivity contribution in [2.75, 3.05) is 0 Å². The van der Waals surface area contributed by atoms with E-state index in [0.717, 1.165) is 5.52 Å². The highest BCUT2D eigenvalue weighted by Gasteiger charge is 2.71. The van der Waals surface area contributed by atoms with Crippen molar-refractivity contribution in [1.29, 1.82) is 0 Å². The normalized spacial score (nSPS) is 33.3. The molecular formula is C11H10ClFN4S. The summed E-state index contributed by atoms with van der Waals surface area (Å²) in [6.07, 6.45) is 3.27. The van der Waals surface area contributed by atoms with Gasteiger partial charge in [0.1, 0.15) is 11.2 Å². The molecule has 94 valence electrons. The van der Waals surface area contributed by atoms with Crippen molar-refractivity contribution in [3.63, 3.8) is 0 Å². The van der Waals surface area contributed by atoms with Crippen molar-refractivity contribution in [2.24, 2.45) is 7.05 Å². The summed E-state index contributed by atoms with van der Waals surface area (Å²) in [5.74, 6) is 0. The highest BCUT2D eigenvalue weighted by molar-refractivity contribution is 7.71. The molecule has 2 aromatic heterocycles. The Morgan fingerprint density at radius 2 is 2.11 bits per heavy atom. The minimum absolute atomic E-state index is 0.178. The smallest absolute Gasteiger partial charge is 0.224 e. The Morgan fingerprint density at radius 1 is 1.44 bits per heavy atom. The minimum Gasteiger partial charge on any atom is -0.317 e. The molecule has 2 aromatic rings. The molecule has 0 spiro atoms. The number of imidazole rings is 1. The van der Waals surface area contributed by atoms with Gasteiger partial charge in [-0.15, -0.1) is 0 Å². The summed E-state index contributed by atoms with van der Waals surface area (Å²) in [4.78, 5) is 8.23. The molecule has 5 rings (SSSR count). The summed E-state index contributed by atoms with van der Waals surface area (Å²) >= 11 is 11.3. The number of hydrogen-bond donors (Lipinski definition) is 0. The molecule has 0 unspecified atom stereocenters. The molecule has 18 heavy (non-hydrogen) atoms. The molecule has 0 amide bonds. The van der Waals surface area contributed by atoms with Gasteiger partial charge >= 0.3 is 0 Å². The Balaban J connectivity index is 2.03. The third-order valence-electron chi connectivity index (χ3n) is 4.18. The third kappa shape index (κ3) is 1.09. The zero-order valence-electron chi connectivity index (χ0n) is 9.65. The van der Waals surface area contributed by atoms with Crippen LogP contribution < -0.4 is 0 Å². The first kappa shape index (κ1) is 10.9. The largest absolute Gasteiger partial charge is 0.317 e. The van der Waals surface area contributed by atoms with E-state index in [1.54, 1.807) is 6.20 Å². The van der Waals surface area contributed by atoms with Crippen LogP contribution in [0.1, 0.15) is 19.3 Å². The quantitative estimate of drug-likeness (QED) is 0.597. The Kier molecular flexibility index (Phi) is 1.77. The first-order valence-electron chi connectivity index (χ1n) is 5.74. The summed E-state index contributed by atoms with van der Waals surface area (Å²) < 4.78 is 18.2. The SMILES string of the molecule is Cn1c(=S)n(C23CC(F)(C2)C3)c2nc(Cl)ncc21. The van der Waals surface area contributed by atoms with Gasteiger partial charge in [0.15, 0.2) is 10.4 Å². The Hall–Kier alpha value is -1.01. The van der Waals surface area contributed by atoms with Crippen LogP contribution in [0.2, 0.25) is 5.28 Å². The molecule has 0 aromatic carbocycles. The summed E-state index contributed by atoms with van der Waals surface area (Å²) in [6, 6.07) is 0. The lowest BCUT2D eigenvalue weighted by Crippen LogP contribution is -2.70. The Bertz CT molecular complexity index is 730. The van der Waals surface area contributed by atoms with E-state index in [9.17, 15) is 4.39 Å². The maximum atomic E-state index is 13.7. The van der Waals surface area contributed by atoms with Gasteiger partial charge in [-0.1, -0.05) is 0 Å². The summed E-state index contributed by atoms with van der Waals surface area (Å²) in [6.45, 7) is 0. The highest BCUT2D eigenvalue weighted by atomic mass is 35.5. The van der Waals surface area contributed by atoms with E-state index in [1.807, 2.05) is 16.2 Å². The number of hydrogen-bond acceptors (Lipinski definition) is 3. The molecule has 2 bridgehead atoms. The fourth-order valence-electron chi connectivity index (χ4n) is 3.37. The predicted octanol–water partition coefficient (Wildman–Crippen LogP) is 2.75. The Labute approximate surface area is 112 Å². The molecule has 7 heteroatoms. The number of nitrogens with zero attached hydrogens (tertiary/aromatic N) is 4. The average molecular weight is 285 g/mol. The van der Waals surface area contributed by atoms with E-state index in [-0.39, 0.29) is 10.8 Å². The molecule has 3 fully saturated rings. The van der Waals surface area contributed by atoms with Gasteiger partial charge in [0.05, 0.1) is 11.7 Å². The van der Waals surface area contributed by atoms with Crippen molar-refractivity contribution >= 4 is 35.0 Å². The lowest BCUT2D eigenvalue weighted by molar-refractivity contribution is -0.197. The van der Waals surface area contributed by atoms with Crippen LogP contribution in [-0.2, 0) is 12.6 Å². The fraction of sp³-hybridized carbons (Fsp3) is 0.545. The van der Waals surface area contributed by atoms with E-state index in [2.05, 4.69) is 9.97 Å². The van der Waals surface area contributed by atoms with Crippen LogP contribution in [0.5, 0.6) is 0 Å². The maximum absolute atomic E-state index is 13.7. The number of alkyl halides is 1. The van der Waals surface area contributed by atoms with Crippen molar-refractivity contribution < 1.29 is 4.39 Å². The average Bonchev–Trinajstić information content (AvgIpc) is 2.46. The van der Waals surface area contributed by atoms with Crippen LogP contribution in [0.4, 0.5) is 4.39 Å². The highest BCUT2D eigenvalue weighted by Crippen LogP contribution is 2.68. The second-order valence-electron chi connectivity index (χ2n) is 5.43. The van der Waals surface area contributed by atoms with Gasteiger partial charge in [0.2, 0.25) is 5.28 Å². The Morgan fingerprint density at radius 3 is 2.72 bits per heavy atom. The zero-order chi connectivity index (χ0) is 12.7. The van der Waals surface area contributed by atoms with Crippen molar-refractivity contribution in [3.8, 4) is 0 Å². The second kappa shape index (κ2) is 2.93. The topological polar surface area (TPSA) is 35.6 Å². The van der Waals surface area contributed by atoms with Crippen LogP contribution in [-0.4, -0.2) is 24.8 Å². The first-order valence-corrected chi connectivity index (χ1v) is 6.52. The number of aryl methyl sites for hydroxylation is 1. The van der Waals surface area contributed by atoms with Crippen LogP contribution in [0.3, 0.4) is 0 Å². The monoisotopic (exact) mass is 284 g/mol. The van der Waals surface area contributed by atoms with Gasteiger partial charge in [-0.3, -0.25) is 4.57 Å². The van der Waals surface area contributed by atoms with Gasteiger partial charge < -0.3 is 4.57 Å². The van der Waals surface area contributed by atoms with E-state index in [0.29, 0.717) is 29.7 Å². The number of rotatable bonds is 1. The van der Waals surface area contributed by atoms with Crippen LogP contribution in [0.25, 0.3) is 11.2 Å². The zero-order valence-corrected chi connectivity index (χ0v) is 11.2. The molecule has 2 heterocycles. The lowest BCUT2D eigenvalue weighted by Gasteiger charge is -2.65. The molecule has 4 nitrogen and oxygen atoms in total. The second-order valence-corrected chi connectivity index (χ2v) is 6.13.